The summed E-state index contributed by atoms with van der Waals surface area (Å²) in [6, 6.07) is 0. The maximum Gasteiger partial charge on any atom is 0.128 e. The number of rotatable bonds is 3. The van der Waals surface area contributed by atoms with Gasteiger partial charge < -0.3 is 4.79 Å². The van der Waals surface area contributed by atoms with Gasteiger partial charge in [-0.3, -0.25) is 0 Å². The van der Waals surface area contributed by atoms with Gasteiger partial charge in [0.05, 0.1) is 0 Å². The van der Waals surface area contributed by atoms with E-state index in [0.717, 1.165) is 12.7 Å². The Bertz CT molecular complexity index is 255. The average Bonchev–Trinajstić information content (AvgIpc) is 2.02. The van der Waals surface area contributed by atoms with Gasteiger partial charge in [-0.25, -0.2) is 0 Å². The van der Waals surface area contributed by atoms with E-state index in [1.165, 1.54) is 4.91 Å². The van der Waals surface area contributed by atoms with E-state index in [1.807, 2.05) is 12.2 Å². The van der Waals surface area contributed by atoms with E-state index < -0.39 is 0 Å². The fourth-order valence-electron chi connectivity index (χ4n) is 1.21. The van der Waals surface area contributed by atoms with E-state index in [1.54, 1.807) is 11.8 Å². The largest absolute Gasteiger partial charge is 0.303 e. The summed E-state index contributed by atoms with van der Waals surface area (Å²) in [5.41, 5.74) is 0. The van der Waals surface area contributed by atoms with Crippen molar-refractivity contribution >= 4 is 41.6 Å². The van der Waals surface area contributed by atoms with Crippen molar-refractivity contribution in [1.29, 1.82) is 0 Å². The lowest BCUT2D eigenvalue weighted by Gasteiger charge is -2.24. The molecule has 0 saturated heterocycles. The van der Waals surface area contributed by atoms with Crippen LogP contribution in [0.15, 0.2) is 23.1 Å². The topological polar surface area (TPSA) is 17.1 Å². The van der Waals surface area contributed by atoms with Gasteiger partial charge in [0.15, 0.2) is 0 Å². The van der Waals surface area contributed by atoms with Crippen LogP contribution in [0.4, 0.5) is 0 Å². The first-order valence-corrected chi connectivity index (χ1v) is 5.35. The molecule has 0 N–H and O–H groups in total. The summed E-state index contributed by atoms with van der Waals surface area (Å²) in [6.07, 6.45) is 8.05. The molecule has 0 aliphatic heterocycles. The summed E-state index contributed by atoms with van der Waals surface area (Å²) in [5.74, 6) is 0.0919. The van der Waals surface area contributed by atoms with Crippen LogP contribution >= 0.6 is 11.8 Å². The molecule has 0 saturated carbocycles. The molecule has 1 nitrogen and oxygen atoms in total. The first-order chi connectivity index (χ1) is 6.03. The molecule has 13 heavy (non-hydrogen) atoms. The predicted octanol–water partition coefficient (Wildman–Crippen LogP) is -1.11. The quantitative estimate of drug-likeness (QED) is 0.414. The molecule has 1 rings (SSSR count). The van der Waals surface area contributed by atoms with E-state index in [-0.39, 0.29) is 10.4 Å². The van der Waals surface area contributed by atoms with E-state index in [0.29, 0.717) is 0 Å². The highest BCUT2D eigenvalue weighted by Gasteiger charge is 2.20. The Labute approximate surface area is 86.6 Å². The second kappa shape index (κ2) is 4.27. The highest BCUT2D eigenvalue weighted by Crippen LogP contribution is 2.33. The van der Waals surface area contributed by atoms with Crippen LogP contribution in [0.2, 0.25) is 0 Å². The second-order valence-electron chi connectivity index (χ2n) is 4.19. The Morgan fingerprint density at radius 2 is 2.23 bits per heavy atom. The van der Waals surface area contributed by atoms with Crippen LogP contribution in [0.5, 0.6) is 0 Å². The molecule has 0 amide bonds. The van der Waals surface area contributed by atoms with Crippen molar-refractivity contribution in [3.8, 4) is 0 Å². The van der Waals surface area contributed by atoms with Gasteiger partial charge in [0.2, 0.25) is 0 Å². The van der Waals surface area contributed by atoms with Crippen LogP contribution in [-0.2, 0) is 4.79 Å². The first kappa shape index (κ1) is 10.8. The molecule has 0 spiro atoms. The fourth-order valence-corrected chi connectivity index (χ4v) is 2.37. The highest BCUT2D eigenvalue weighted by atomic mass is 32.2. The Morgan fingerprint density at radius 1 is 1.54 bits per heavy atom. The zero-order valence-electron chi connectivity index (χ0n) is 8.41. The average molecular weight is 190 g/mol. The van der Waals surface area contributed by atoms with Gasteiger partial charge >= 0.3 is 0 Å². The molecule has 66 valence electrons. The summed E-state index contributed by atoms with van der Waals surface area (Å²) in [4.78, 5) is 12.0. The van der Waals surface area contributed by atoms with Gasteiger partial charge in [-0.1, -0.05) is 22.7 Å². The van der Waals surface area contributed by atoms with Crippen molar-refractivity contribution < 1.29 is 4.79 Å². The third kappa shape index (κ3) is 3.51. The lowest BCUT2D eigenvalue weighted by atomic mass is 9.56. The Balaban J connectivity index is 2.70. The van der Waals surface area contributed by atoms with Crippen molar-refractivity contribution in [3.05, 3.63) is 23.1 Å². The third-order valence-corrected chi connectivity index (χ3v) is 3.03. The molecule has 0 aromatic rings. The Morgan fingerprint density at radius 3 is 2.77 bits per heavy atom. The molecule has 0 bridgehead atoms. The maximum atomic E-state index is 10.8. The van der Waals surface area contributed by atoms with Crippen LogP contribution in [0.25, 0.3) is 0 Å². The summed E-state index contributed by atoms with van der Waals surface area (Å²) in [5, 5.41) is 0. The van der Waals surface area contributed by atoms with Crippen molar-refractivity contribution in [3.63, 3.8) is 0 Å². The molecule has 0 aromatic heterocycles. The van der Waals surface area contributed by atoms with E-state index in [4.69, 9.17) is 0 Å². The SMILES string of the molecule is BC(B)(B)SC1=CC=CCC1C=O. The van der Waals surface area contributed by atoms with E-state index >= 15 is 0 Å². The third-order valence-electron chi connectivity index (χ3n) is 1.74. The summed E-state index contributed by atoms with van der Waals surface area (Å²) >= 11 is 1.79. The van der Waals surface area contributed by atoms with Gasteiger partial charge in [0.25, 0.3) is 0 Å². The van der Waals surface area contributed by atoms with Gasteiger partial charge in [-0.15, -0.1) is 11.8 Å². The van der Waals surface area contributed by atoms with Gasteiger partial charge in [-0.05, 0) is 11.3 Å². The fraction of sp³-hybridized carbons (Fsp3) is 0.375. The standard InChI is InChI=1S/C8H13B3OS/c9-8(10,11)13-7-4-2-1-3-6(7)5-12/h1-2,4-6H,3,9-11H2. The van der Waals surface area contributed by atoms with Gasteiger partial charge in [-0.2, -0.15) is 0 Å². The minimum absolute atomic E-state index is 0.0919. The number of aldehydes is 1. The van der Waals surface area contributed by atoms with Crippen LogP contribution < -0.4 is 0 Å². The van der Waals surface area contributed by atoms with Crippen molar-refractivity contribution in [1.82, 2.24) is 0 Å². The molecular formula is C8H13B3OS. The molecule has 1 unspecified atom stereocenters. The van der Waals surface area contributed by atoms with Crippen LogP contribution in [0, 0.1) is 5.92 Å². The summed E-state index contributed by atoms with van der Waals surface area (Å²) in [7, 11) is 6.50. The lowest BCUT2D eigenvalue weighted by molar-refractivity contribution is -0.109. The van der Waals surface area contributed by atoms with Crippen LogP contribution in [0.1, 0.15) is 6.42 Å². The number of carbonyl (C=O) groups excluding carboxylic acids is 1. The number of hydrogen-bond donors (Lipinski definition) is 0. The smallest absolute Gasteiger partial charge is 0.128 e. The van der Waals surface area contributed by atoms with Crippen molar-refractivity contribution in [2.75, 3.05) is 0 Å². The van der Waals surface area contributed by atoms with Crippen LogP contribution in [-0.4, -0.2) is 34.3 Å². The van der Waals surface area contributed by atoms with Crippen LogP contribution in [0.3, 0.4) is 0 Å². The van der Waals surface area contributed by atoms with Gasteiger partial charge in [0, 0.05) is 5.92 Å². The molecule has 0 heterocycles. The number of thioether (sulfide) groups is 1. The first-order valence-electron chi connectivity index (χ1n) is 4.54. The summed E-state index contributed by atoms with van der Waals surface area (Å²) < 4.78 is 0.193. The zero-order valence-corrected chi connectivity index (χ0v) is 9.23. The molecule has 0 fully saturated rings. The number of hydrogen-bond acceptors (Lipinski definition) is 2. The van der Waals surface area contributed by atoms with E-state index in [9.17, 15) is 4.79 Å². The minimum Gasteiger partial charge on any atom is -0.303 e. The maximum absolute atomic E-state index is 10.8. The second-order valence-corrected chi connectivity index (χ2v) is 6.09. The molecule has 0 aromatic carbocycles. The predicted molar refractivity (Wildman–Crippen MR) is 67.3 cm³/mol. The highest BCUT2D eigenvalue weighted by molar-refractivity contribution is 8.07. The molecule has 1 atom stereocenters. The number of allylic oxidation sites excluding steroid dienone is 4. The minimum atomic E-state index is 0.0919. The molecular weight excluding hydrogens is 177 g/mol. The van der Waals surface area contributed by atoms with Gasteiger partial charge in [0.1, 0.15) is 29.8 Å². The van der Waals surface area contributed by atoms with Crippen molar-refractivity contribution in [2.45, 2.75) is 10.9 Å². The Hall–Kier alpha value is -0.305. The monoisotopic (exact) mass is 190 g/mol. The number of carbonyl (C=O) groups is 1. The lowest BCUT2D eigenvalue weighted by Crippen LogP contribution is -2.26. The Kier molecular flexibility index (Phi) is 3.54. The van der Waals surface area contributed by atoms with Crippen molar-refractivity contribution in [2.24, 2.45) is 5.92 Å². The molecule has 0 radical (unpaired) electrons. The normalized spacial score (nSPS) is 22.5. The molecule has 1 aliphatic carbocycles. The van der Waals surface area contributed by atoms with E-state index in [2.05, 4.69) is 29.6 Å². The molecule has 1 aliphatic rings. The summed E-state index contributed by atoms with van der Waals surface area (Å²) in [6.45, 7) is 0. The zero-order chi connectivity index (χ0) is 9.90. The molecule has 5 heteroatoms.